The van der Waals surface area contributed by atoms with E-state index in [1.54, 1.807) is 0 Å². The number of aryl methyl sites for hydroxylation is 1. The van der Waals surface area contributed by atoms with E-state index >= 15 is 0 Å². The third-order valence-electron chi connectivity index (χ3n) is 3.63. The van der Waals surface area contributed by atoms with Crippen LogP contribution in [0.15, 0.2) is 28.8 Å². The molecule has 2 aromatic rings. The molecule has 1 N–H and O–H groups in total. The number of hydrogen-bond acceptors (Lipinski definition) is 4. The summed E-state index contributed by atoms with van der Waals surface area (Å²) in [5.41, 5.74) is 2.78. The number of fused-ring (bicyclic) bond motifs is 1. The molecule has 1 aliphatic rings. The summed E-state index contributed by atoms with van der Waals surface area (Å²) in [5, 5.41) is 7.43. The Labute approximate surface area is 113 Å². The molecule has 4 nitrogen and oxygen atoms in total. The molecule has 0 bridgehead atoms. The van der Waals surface area contributed by atoms with E-state index in [-0.39, 0.29) is 0 Å². The number of nitrogens with one attached hydrogen (secondary N) is 1. The normalized spacial score (nSPS) is 17.6. The van der Waals surface area contributed by atoms with Crippen molar-refractivity contribution in [3.63, 3.8) is 0 Å². The van der Waals surface area contributed by atoms with Crippen molar-refractivity contribution in [1.29, 1.82) is 0 Å². The highest BCUT2D eigenvalue weighted by Gasteiger charge is 2.27. The van der Waals surface area contributed by atoms with Crippen molar-refractivity contribution in [1.82, 2.24) is 15.5 Å². The monoisotopic (exact) mass is 257 g/mol. The molecule has 1 aliphatic carbocycles. The van der Waals surface area contributed by atoms with Gasteiger partial charge in [0.15, 0.2) is 5.82 Å². The van der Waals surface area contributed by atoms with Gasteiger partial charge in [0.05, 0.1) is 6.54 Å². The molecule has 0 spiro atoms. The van der Waals surface area contributed by atoms with Gasteiger partial charge in [-0.05, 0) is 36.9 Å². The van der Waals surface area contributed by atoms with Crippen LogP contribution in [0.25, 0.3) is 0 Å². The van der Waals surface area contributed by atoms with Gasteiger partial charge < -0.3 is 9.84 Å². The Morgan fingerprint density at radius 1 is 1.37 bits per heavy atom. The highest BCUT2D eigenvalue weighted by Crippen LogP contribution is 2.36. The van der Waals surface area contributed by atoms with E-state index in [1.165, 1.54) is 11.1 Å². The molecular formula is C15H19N3O. The minimum absolute atomic E-state index is 0.305. The van der Waals surface area contributed by atoms with E-state index < -0.39 is 0 Å². The predicted molar refractivity (Wildman–Crippen MR) is 72.9 cm³/mol. The van der Waals surface area contributed by atoms with Gasteiger partial charge in [0.25, 0.3) is 0 Å². The second kappa shape index (κ2) is 5.53. The van der Waals surface area contributed by atoms with E-state index in [1.807, 2.05) is 0 Å². The quantitative estimate of drug-likeness (QED) is 0.837. The summed E-state index contributed by atoms with van der Waals surface area (Å²) in [4.78, 5) is 4.52. The Morgan fingerprint density at radius 3 is 3.16 bits per heavy atom. The van der Waals surface area contributed by atoms with Crippen LogP contribution >= 0.6 is 0 Å². The summed E-state index contributed by atoms with van der Waals surface area (Å²) in [6.45, 7) is 3.78. The molecule has 3 rings (SSSR count). The molecule has 0 saturated heterocycles. The smallest absolute Gasteiger partial charge is 0.240 e. The van der Waals surface area contributed by atoms with Crippen molar-refractivity contribution >= 4 is 0 Å². The zero-order valence-corrected chi connectivity index (χ0v) is 11.2. The summed E-state index contributed by atoms with van der Waals surface area (Å²) in [7, 11) is 0. The molecular weight excluding hydrogens is 238 g/mol. The van der Waals surface area contributed by atoms with E-state index in [2.05, 4.69) is 46.6 Å². The van der Waals surface area contributed by atoms with Crippen LogP contribution in [0.5, 0.6) is 0 Å². The van der Waals surface area contributed by atoms with Crippen LogP contribution in [0.4, 0.5) is 0 Å². The Kier molecular flexibility index (Phi) is 3.60. The first-order valence-electron chi connectivity index (χ1n) is 6.99. The Morgan fingerprint density at radius 2 is 2.26 bits per heavy atom. The molecule has 1 heterocycles. The van der Waals surface area contributed by atoms with Crippen LogP contribution in [0.1, 0.15) is 48.5 Å². The molecule has 0 amide bonds. The molecule has 0 fully saturated rings. The molecule has 4 heteroatoms. The largest absolute Gasteiger partial charge is 0.338 e. The average Bonchev–Trinajstić information content (AvgIpc) is 3.05. The van der Waals surface area contributed by atoms with Gasteiger partial charge >= 0.3 is 0 Å². The van der Waals surface area contributed by atoms with Gasteiger partial charge in [-0.15, -0.1) is 0 Å². The van der Waals surface area contributed by atoms with Gasteiger partial charge in [-0.1, -0.05) is 36.3 Å². The zero-order valence-electron chi connectivity index (χ0n) is 11.2. The lowest BCUT2D eigenvalue weighted by Crippen LogP contribution is -2.14. The van der Waals surface area contributed by atoms with Gasteiger partial charge in [-0.25, -0.2) is 0 Å². The van der Waals surface area contributed by atoms with E-state index in [4.69, 9.17) is 4.52 Å². The van der Waals surface area contributed by atoms with Crippen molar-refractivity contribution in [2.45, 2.75) is 38.6 Å². The molecule has 0 radical (unpaired) electrons. The van der Waals surface area contributed by atoms with Crippen LogP contribution in [0, 0.1) is 0 Å². The van der Waals surface area contributed by atoms with Gasteiger partial charge in [0.1, 0.15) is 0 Å². The number of aromatic nitrogens is 2. The lowest BCUT2D eigenvalue weighted by atomic mass is 10.0. The first-order chi connectivity index (χ1) is 9.38. The van der Waals surface area contributed by atoms with Crippen molar-refractivity contribution in [3.05, 3.63) is 47.1 Å². The number of hydrogen-bond donors (Lipinski definition) is 1. The van der Waals surface area contributed by atoms with Crippen LogP contribution in [-0.2, 0) is 13.0 Å². The molecule has 1 unspecified atom stereocenters. The van der Waals surface area contributed by atoms with Crippen LogP contribution in [0.2, 0.25) is 0 Å². The third-order valence-corrected chi connectivity index (χ3v) is 3.63. The van der Waals surface area contributed by atoms with Gasteiger partial charge in [0.2, 0.25) is 5.89 Å². The Hall–Kier alpha value is -1.68. The average molecular weight is 257 g/mol. The van der Waals surface area contributed by atoms with Crippen LogP contribution < -0.4 is 5.32 Å². The highest BCUT2D eigenvalue weighted by molar-refractivity contribution is 5.38. The van der Waals surface area contributed by atoms with Crippen LogP contribution in [-0.4, -0.2) is 16.7 Å². The number of benzene rings is 1. The Bertz CT molecular complexity index is 550. The number of nitrogens with zero attached hydrogens (tertiary/aromatic N) is 2. The van der Waals surface area contributed by atoms with Crippen LogP contribution in [0.3, 0.4) is 0 Å². The maximum Gasteiger partial charge on any atom is 0.240 e. The van der Waals surface area contributed by atoms with E-state index in [0.717, 1.165) is 31.6 Å². The standard InChI is InChI=1S/C15H19N3O/c1-2-9-16-10-14-17-15(18-19-14)13-8-7-11-5-3-4-6-12(11)13/h3-6,13,16H,2,7-10H2,1H3. The fourth-order valence-corrected chi connectivity index (χ4v) is 2.68. The van der Waals surface area contributed by atoms with Gasteiger partial charge in [-0.3, -0.25) is 0 Å². The molecule has 100 valence electrons. The molecule has 1 atom stereocenters. The molecule has 1 aromatic carbocycles. The van der Waals surface area contributed by atoms with E-state index in [9.17, 15) is 0 Å². The maximum absolute atomic E-state index is 5.32. The fraction of sp³-hybridized carbons (Fsp3) is 0.467. The summed E-state index contributed by atoms with van der Waals surface area (Å²) < 4.78 is 5.32. The van der Waals surface area contributed by atoms with Crippen molar-refractivity contribution in [2.75, 3.05) is 6.54 Å². The molecule has 0 aliphatic heterocycles. The predicted octanol–water partition coefficient (Wildman–Crippen LogP) is 2.65. The summed E-state index contributed by atoms with van der Waals surface area (Å²) in [6.07, 6.45) is 3.30. The van der Waals surface area contributed by atoms with Crippen molar-refractivity contribution < 1.29 is 4.52 Å². The first kappa shape index (κ1) is 12.4. The van der Waals surface area contributed by atoms with Gasteiger partial charge in [0, 0.05) is 5.92 Å². The second-order valence-electron chi connectivity index (χ2n) is 5.01. The number of rotatable bonds is 5. The SMILES string of the molecule is CCCNCc1nc(C2CCc3ccccc32)no1. The fourth-order valence-electron chi connectivity index (χ4n) is 2.68. The zero-order chi connectivity index (χ0) is 13.1. The topological polar surface area (TPSA) is 51.0 Å². The molecule has 0 saturated carbocycles. The lowest BCUT2D eigenvalue weighted by Gasteiger charge is -2.05. The summed E-state index contributed by atoms with van der Waals surface area (Å²) in [5.74, 6) is 1.82. The Balaban J connectivity index is 1.74. The second-order valence-corrected chi connectivity index (χ2v) is 5.01. The molecule has 1 aromatic heterocycles. The summed E-state index contributed by atoms with van der Waals surface area (Å²) >= 11 is 0. The highest BCUT2D eigenvalue weighted by atomic mass is 16.5. The van der Waals surface area contributed by atoms with Gasteiger partial charge in [-0.2, -0.15) is 4.98 Å². The first-order valence-corrected chi connectivity index (χ1v) is 6.99. The minimum atomic E-state index is 0.305. The van der Waals surface area contributed by atoms with Crippen molar-refractivity contribution in [2.24, 2.45) is 0 Å². The lowest BCUT2D eigenvalue weighted by molar-refractivity contribution is 0.361. The minimum Gasteiger partial charge on any atom is -0.338 e. The van der Waals surface area contributed by atoms with Crippen molar-refractivity contribution in [3.8, 4) is 0 Å². The maximum atomic E-state index is 5.32. The third kappa shape index (κ3) is 2.54. The molecule has 19 heavy (non-hydrogen) atoms. The summed E-state index contributed by atoms with van der Waals surface area (Å²) in [6, 6.07) is 8.55. The van der Waals surface area contributed by atoms with E-state index in [0.29, 0.717) is 18.4 Å².